The molecule has 0 aliphatic heterocycles. The largest absolute Gasteiger partial charge is 0.278 e. The van der Waals surface area contributed by atoms with Crippen molar-refractivity contribution in [1.82, 2.24) is 4.98 Å². The smallest absolute Gasteiger partial charge is 0.261 e. The Morgan fingerprint density at radius 2 is 1.77 bits per heavy atom. The third-order valence-corrected chi connectivity index (χ3v) is 5.45. The van der Waals surface area contributed by atoms with E-state index in [-0.39, 0.29) is 4.90 Å². The zero-order valence-corrected chi connectivity index (χ0v) is 15.3. The molecule has 0 saturated carbocycles. The van der Waals surface area contributed by atoms with Crippen LogP contribution >= 0.6 is 11.6 Å². The SMILES string of the molecule is Cc1ccc(S(=O)(=O)Nc2cncc(-c3ccc(C#N)c(Cl)c3)c2)cc1. The predicted octanol–water partition coefficient (Wildman–Crippen LogP) is 4.38. The lowest BCUT2D eigenvalue weighted by Crippen LogP contribution is -2.13. The van der Waals surface area contributed by atoms with Crippen LogP contribution in [0.2, 0.25) is 5.02 Å². The highest BCUT2D eigenvalue weighted by Crippen LogP contribution is 2.27. The van der Waals surface area contributed by atoms with Crippen molar-refractivity contribution >= 4 is 27.3 Å². The number of nitrogens with zero attached hydrogens (tertiary/aromatic N) is 2. The summed E-state index contributed by atoms with van der Waals surface area (Å²) in [5.41, 5.74) is 3.10. The van der Waals surface area contributed by atoms with Gasteiger partial charge in [-0.1, -0.05) is 35.4 Å². The number of rotatable bonds is 4. The quantitative estimate of drug-likeness (QED) is 0.724. The lowest BCUT2D eigenvalue weighted by Gasteiger charge is -2.10. The zero-order chi connectivity index (χ0) is 18.7. The van der Waals surface area contributed by atoms with E-state index in [1.54, 1.807) is 54.7 Å². The minimum atomic E-state index is -3.71. The summed E-state index contributed by atoms with van der Waals surface area (Å²) in [7, 11) is -3.71. The second-order valence-corrected chi connectivity index (χ2v) is 7.78. The Labute approximate surface area is 157 Å². The maximum absolute atomic E-state index is 12.5. The topological polar surface area (TPSA) is 82.8 Å². The first-order valence-corrected chi connectivity index (χ1v) is 9.50. The number of sulfonamides is 1. The molecule has 7 heteroatoms. The molecule has 0 aliphatic carbocycles. The van der Waals surface area contributed by atoms with E-state index in [1.165, 1.54) is 6.20 Å². The Kier molecular flexibility index (Phi) is 4.94. The van der Waals surface area contributed by atoms with Crippen molar-refractivity contribution in [3.8, 4) is 17.2 Å². The fourth-order valence-corrected chi connectivity index (χ4v) is 3.63. The van der Waals surface area contributed by atoms with Gasteiger partial charge in [0.05, 0.1) is 27.4 Å². The maximum atomic E-state index is 12.5. The van der Waals surface area contributed by atoms with Crippen LogP contribution in [0, 0.1) is 18.3 Å². The first-order valence-electron chi connectivity index (χ1n) is 7.63. The van der Waals surface area contributed by atoms with Crippen LogP contribution in [0.1, 0.15) is 11.1 Å². The molecule has 0 unspecified atom stereocenters. The van der Waals surface area contributed by atoms with Gasteiger partial charge in [0.2, 0.25) is 0 Å². The molecule has 26 heavy (non-hydrogen) atoms. The summed E-state index contributed by atoms with van der Waals surface area (Å²) >= 11 is 6.06. The molecule has 0 bridgehead atoms. The predicted molar refractivity (Wildman–Crippen MR) is 101 cm³/mol. The molecule has 0 radical (unpaired) electrons. The van der Waals surface area contributed by atoms with Gasteiger partial charge in [-0.15, -0.1) is 0 Å². The second-order valence-electron chi connectivity index (χ2n) is 5.69. The average molecular weight is 384 g/mol. The van der Waals surface area contributed by atoms with Crippen LogP contribution in [-0.4, -0.2) is 13.4 Å². The summed E-state index contributed by atoms with van der Waals surface area (Å²) in [4.78, 5) is 4.27. The first kappa shape index (κ1) is 17.9. The van der Waals surface area contributed by atoms with Crippen LogP contribution in [0.15, 0.2) is 65.8 Å². The molecule has 2 aromatic carbocycles. The fraction of sp³-hybridized carbons (Fsp3) is 0.0526. The van der Waals surface area contributed by atoms with Crippen molar-refractivity contribution in [2.45, 2.75) is 11.8 Å². The van der Waals surface area contributed by atoms with Crippen molar-refractivity contribution in [2.24, 2.45) is 0 Å². The van der Waals surface area contributed by atoms with Gasteiger partial charge in [0, 0.05) is 11.8 Å². The van der Waals surface area contributed by atoms with Gasteiger partial charge in [-0.3, -0.25) is 9.71 Å². The third kappa shape index (κ3) is 3.85. The highest BCUT2D eigenvalue weighted by Gasteiger charge is 2.14. The number of aryl methyl sites for hydroxylation is 1. The van der Waals surface area contributed by atoms with Crippen molar-refractivity contribution in [3.05, 3.63) is 77.1 Å². The molecule has 130 valence electrons. The molecular formula is C19H14ClN3O2S. The number of nitriles is 1. The van der Waals surface area contributed by atoms with E-state index in [0.29, 0.717) is 21.8 Å². The van der Waals surface area contributed by atoms with Crippen molar-refractivity contribution in [2.75, 3.05) is 4.72 Å². The van der Waals surface area contributed by atoms with E-state index in [2.05, 4.69) is 9.71 Å². The van der Waals surface area contributed by atoms with Gasteiger partial charge in [0.15, 0.2) is 0 Å². The Hall–Kier alpha value is -2.88. The van der Waals surface area contributed by atoms with Gasteiger partial charge >= 0.3 is 0 Å². The van der Waals surface area contributed by atoms with E-state index < -0.39 is 10.0 Å². The van der Waals surface area contributed by atoms with E-state index in [0.717, 1.165) is 11.1 Å². The van der Waals surface area contributed by atoms with E-state index >= 15 is 0 Å². The number of halogens is 1. The number of anilines is 1. The van der Waals surface area contributed by atoms with Crippen molar-refractivity contribution < 1.29 is 8.42 Å². The molecule has 0 spiro atoms. The monoisotopic (exact) mass is 383 g/mol. The minimum Gasteiger partial charge on any atom is -0.278 e. The summed E-state index contributed by atoms with van der Waals surface area (Å²) in [5, 5.41) is 9.28. The van der Waals surface area contributed by atoms with Crippen LogP contribution in [0.4, 0.5) is 5.69 Å². The molecule has 0 saturated heterocycles. The van der Waals surface area contributed by atoms with Gasteiger partial charge in [0.1, 0.15) is 6.07 Å². The molecule has 0 atom stereocenters. The minimum absolute atomic E-state index is 0.176. The van der Waals surface area contributed by atoms with Gasteiger partial charge in [-0.2, -0.15) is 5.26 Å². The van der Waals surface area contributed by atoms with Gasteiger partial charge in [-0.05, 0) is 42.8 Å². The molecule has 1 aromatic heterocycles. The molecule has 3 rings (SSSR count). The Balaban J connectivity index is 1.91. The highest BCUT2D eigenvalue weighted by atomic mass is 35.5. The summed E-state index contributed by atoms with van der Waals surface area (Å²) in [5.74, 6) is 0. The zero-order valence-electron chi connectivity index (χ0n) is 13.8. The molecule has 1 heterocycles. The number of hydrogen-bond acceptors (Lipinski definition) is 4. The number of hydrogen-bond donors (Lipinski definition) is 1. The van der Waals surface area contributed by atoms with Gasteiger partial charge < -0.3 is 0 Å². The lowest BCUT2D eigenvalue weighted by atomic mass is 10.1. The summed E-state index contributed by atoms with van der Waals surface area (Å²) in [6.45, 7) is 1.89. The molecule has 3 aromatic rings. The first-order chi connectivity index (χ1) is 12.4. The highest BCUT2D eigenvalue weighted by molar-refractivity contribution is 7.92. The second kappa shape index (κ2) is 7.16. The van der Waals surface area contributed by atoms with Crippen LogP contribution in [-0.2, 0) is 10.0 Å². The van der Waals surface area contributed by atoms with E-state index in [1.807, 2.05) is 13.0 Å². The summed E-state index contributed by atoms with van der Waals surface area (Å²) < 4.78 is 27.5. The third-order valence-electron chi connectivity index (χ3n) is 3.74. The maximum Gasteiger partial charge on any atom is 0.261 e. The number of pyridine rings is 1. The Morgan fingerprint density at radius 1 is 1.04 bits per heavy atom. The molecule has 0 fully saturated rings. The van der Waals surface area contributed by atoms with Crippen LogP contribution in [0.3, 0.4) is 0 Å². The molecule has 1 N–H and O–H groups in total. The standard InChI is InChI=1S/C19H14ClN3O2S/c1-13-2-6-18(7-3-13)26(24,25)23-17-8-16(11-22-12-17)14-4-5-15(10-21)19(20)9-14/h2-9,11-12,23H,1H3. The molecule has 0 aliphatic rings. The molecular weight excluding hydrogens is 370 g/mol. The normalized spacial score (nSPS) is 11.0. The lowest BCUT2D eigenvalue weighted by molar-refractivity contribution is 0.601. The Morgan fingerprint density at radius 3 is 2.42 bits per heavy atom. The van der Waals surface area contributed by atoms with Crippen LogP contribution in [0.5, 0.6) is 0 Å². The van der Waals surface area contributed by atoms with Crippen LogP contribution < -0.4 is 4.72 Å². The summed E-state index contributed by atoms with van der Waals surface area (Å²) in [6.07, 6.45) is 3.03. The van der Waals surface area contributed by atoms with Crippen molar-refractivity contribution in [1.29, 1.82) is 5.26 Å². The van der Waals surface area contributed by atoms with Gasteiger partial charge in [0.25, 0.3) is 10.0 Å². The number of nitrogens with one attached hydrogen (secondary N) is 1. The molecule has 0 amide bonds. The van der Waals surface area contributed by atoms with Crippen molar-refractivity contribution in [3.63, 3.8) is 0 Å². The summed E-state index contributed by atoms with van der Waals surface area (Å²) in [6, 6.07) is 15.2. The Bertz CT molecular complexity index is 1100. The van der Waals surface area contributed by atoms with E-state index in [9.17, 15) is 8.42 Å². The fourth-order valence-electron chi connectivity index (χ4n) is 2.37. The van der Waals surface area contributed by atoms with Crippen LogP contribution in [0.25, 0.3) is 11.1 Å². The number of aromatic nitrogens is 1. The average Bonchev–Trinajstić information content (AvgIpc) is 2.62. The molecule has 5 nitrogen and oxygen atoms in total. The van der Waals surface area contributed by atoms with Gasteiger partial charge in [-0.25, -0.2) is 8.42 Å². The van der Waals surface area contributed by atoms with E-state index in [4.69, 9.17) is 16.9 Å². The number of benzene rings is 2.